The van der Waals surface area contributed by atoms with Crippen molar-refractivity contribution in [1.82, 2.24) is 5.32 Å². The lowest BCUT2D eigenvalue weighted by Crippen LogP contribution is -2.10. The zero-order valence-electron chi connectivity index (χ0n) is 5.92. The molecule has 0 aliphatic carbocycles. The van der Waals surface area contributed by atoms with E-state index >= 15 is 0 Å². The molecular weight excluding hydrogens is 166 g/mol. The summed E-state index contributed by atoms with van der Waals surface area (Å²) in [4.78, 5) is 21.4. The lowest BCUT2D eigenvalue weighted by atomic mass is 10.5. The molecule has 0 radical (unpaired) electrons. The topological polar surface area (TPSA) is 55.4 Å². The largest absolute Gasteiger partial charge is 0.499 e. The fourth-order valence-corrected chi connectivity index (χ4v) is 1.11. The van der Waals surface area contributed by atoms with Crippen molar-refractivity contribution >= 4 is 22.1 Å². The van der Waals surface area contributed by atoms with Gasteiger partial charge in [0.15, 0.2) is 0 Å². The number of carbonyl (C=O) groups excluding carboxylic acids is 2. The third kappa shape index (κ3) is 1.98. The van der Waals surface area contributed by atoms with Crippen LogP contribution in [0.4, 0.5) is 4.79 Å². The molecule has 5 heteroatoms. The first-order chi connectivity index (χ1) is 5.24. The summed E-state index contributed by atoms with van der Waals surface area (Å²) in [5.74, 6) is 0. The molecule has 1 aliphatic heterocycles. The van der Waals surface area contributed by atoms with E-state index in [4.69, 9.17) is 4.74 Å². The van der Waals surface area contributed by atoms with Gasteiger partial charge in [-0.3, -0.25) is 9.59 Å². The van der Waals surface area contributed by atoms with Gasteiger partial charge in [0.2, 0.25) is 5.12 Å². The molecule has 0 unspecified atom stereocenters. The Kier molecular flexibility index (Phi) is 2.53. The quantitative estimate of drug-likeness (QED) is 0.496. The van der Waals surface area contributed by atoms with Gasteiger partial charge >= 0.3 is 0 Å². The molecule has 0 atom stereocenters. The van der Waals surface area contributed by atoms with Crippen molar-refractivity contribution in [1.29, 1.82) is 0 Å². The highest BCUT2D eigenvalue weighted by Gasteiger charge is 2.25. The number of ether oxygens (including phenoxy) is 1. The summed E-state index contributed by atoms with van der Waals surface area (Å²) in [6, 6.07) is 0. The molecule has 1 N–H and O–H groups in total. The van der Waals surface area contributed by atoms with E-state index in [1.165, 1.54) is 6.26 Å². The van der Waals surface area contributed by atoms with Gasteiger partial charge in [-0.1, -0.05) is 0 Å². The number of hydrogen-bond donors (Lipinski definition) is 1. The van der Waals surface area contributed by atoms with Gasteiger partial charge in [-0.25, -0.2) is 0 Å². The fraction of sp³-hybridized carbons (Fsp3) is 0.333. The van der Waals surface area contributed by atoms with Gasteiger partial charge in [-0.05, 0) is 6.92 Å². The Morgan fingerprint density at radius 2 is 2.36 bits per heavy atom. The third-order valence-corrected chi connectivity index (χ3v) is 1.70. The first-order valence-electron chi connectivity index (χ1n) is 3.09. The maximum atomic E-state index is 10.8. The highest BCUT2D eigenvalue weighted by atomic mass is 32.2. The molecule has 1 aliphatic rings. The molecule has 0 spiro atoms. The van der Waals surface area contributed by atoms with Crippen LogP contribution in [-0.2, 0) is 9.53 Å². The van der Waals surface area contributed by atoms with Crippen LogP contribution in [0.25, 0.3) is 0 Å². The number of hydrogen-bond acceptors (Lipinski definition) is 4. The van der Waals surface area contributed by atoms with Crippen LogP contribution in [0.1, 0.15) is 6.92 Å². The number of thioether (sulfide) groups is 1. The maximum absolute atomic E-state index is 10.8. The predicted octanol–water partition coefficient (Wildman–Crippen LogP) is 0.847. The lowest BCUT2D eigenvalue weighted by molar-refractivity contribution is -0.107. The summed E-state index contributed by atoms with van der Waals surface area (Å²) in [6.45, 7) is 2.28. The van der Waals surface area contributed by atoms with Crippen LogP contribution in [0.2, 0.25) is 0 Å². The minimum atomic E-state index is -0.346. The average molecular weight is 173 g/mol. The molecule has 1 heterocycles. The smallest absolute Gasteiger partial charge is 0.291 e. The molecule has 1 saturated heterocycles. The molecule has 1 amide bonds. The van der Waals surface area contributed by atoms with Crippen molar-refractivity contribution in [2.75, 3.05) is 6.61 Å². The van der Waals surface area contributed by atoms with Gasteiger partial charge in [0.05, 0.1) is 6.61 Å². The molecular formula is C6H7NO3S. The number of carbonyl (C=O) groups is 2. The summed E-state index contributed by atoms with van der Waals surface area (Å²) in [6.07, 6.45) is 1.26. The van der Waals surface area contributed by atoms with Crippen LogP contribution in [0.15, 0.2) is 12.0 Å². The van der Waals surface area contributed by atoms with Crippen LogP contribution >= 0.6 is 11.8 Å². The summed E-state index contributed by atoms with van der Waals surface area (Å²) >= 11 is 0.642. The zero-order valence-corrected chi connectivity index (χ0v) is 6.73. The minimum absolute atomic E-state index is 0.224. The highest BCUT2D eigenvalue weighted by molar-refractivity contribution is 8.27. The number of amides is 1. The molecule has 0 aromatic heterocycles. The summed E-state index contributed by atoms with van der Waals surface area (Å²) in [7, 11) is 0. The van der Waals surface area contributed by atoms with Crippen molar-refractivity contribution in [2.24, 2.45) is 0 Å². The molecule has 4 nitrogen and oxygen atoms in total. The summed E-state index contributed by atoms with van der Waals surface area (Å²) in [5, 5.41) is 1.71. The molecule has 0 aromatic carbocycles. The first kappa shape index (κ1) is 8.13. The van der Waals surface area contributed by atoms with Gasteiger partial charge in [0.25, 0.3) is 5.24 Å². The van der Waals surface area contributed by atoms with Gasteiger partial charge in [-0.2, -0.15) is 0 Å². The first-order valence-corrected chi connectivity index (χ1v) is 3.90. The van der Waals surface area contributed by atoms with Crippen molar-refractivity contribution in [3.8, 4) is 0 Å². The normalized spacial score (nSPS) is 20.6. The second-order valence-electron chi connectivity index (χ2n) is 1.79. The van der Waals surface area contributed by atoms with Crippen LogP contribution < -0.4 is 5.32 Å². The SMILES string of the molecule is CCOC=C1NC(=O)SC1=O. The van der Waals surface area contributed by atoms with E-state index in [-0.39, 0.29) is 16.1 Å². The molecule has 0 saturated carbocycles. The van der Waals surface area contributed by atoms with Gasteiger partial charge in [0.1, 0.15) is 12.0 Å². The standard InChI is InChI=1S/C6H7NO3S/c1-2-10-3-4-5(8)11-6(9)7-4/h3H,2H2,1H3,(H,7,9). The van der Waals surface area contributed by atoms with Crippen LogP contribution in [0.3, 0.4) is 0 Å². The maximum Gasteiger partial charge on any atom is 0.291 e. The van der Waals surface area contributed by atoms with E-state index in [0.717, 1.165) is 0 Å². The molecule has 11 heavy (non-hydrogen) atoms. The molecule has 1 fully saturated rings. The van der Waals surface area contributed by atoms with Crippen LogP contribution in [0.5, 0.6) is 0 Å². The Morgan fingerprint density at radius 3 is 2.82 bits per heavy atom. The molecule has 0 bridgehead atoms. The van der Waals surface area contributed by atoms with Crippen molar-refractivity contribution in [2.45, 2.75) is 6.92 Å². The summed E-state index contributed by atoms with van der Waals surface area (Å²) in [5.41, 5.74) is 0.224. The average Bonchev–Trinajstić information content (AvgIpc) is 2.26. The number of rotatable bonds is 2. The monoisotopic (exact) mass is 173 g/mol. The molecule has 60 valence electrons. The van der Waals surface area contributed by atoms with E-state index < -0.39 is 0 Å². The Balaban J connectivity index is 2.59. The minimum Gasteiger partial charge on any atom is -0.499 e. The highest BCUT2D eigenvalue weighted by Crippen LogP contribution is 2.17. The van der Waals surface area contributed by atoms with E-state index in [1.54, 1.807) is 6.92 Å². The molecule has 0 aromatic rings. The van der Waals surface area contributed by atoms with Gasteiger partial charge < -0.3 is 10.1 Å². The fourth-order valence-electron chi connectivity index (χ4n) is 0.570. The van der Waals surface area contributed by atoms with Crippen molar-refractivity contribution in [3.63, 3.8) is 0 Å². The zero-order chi connectivity index (χ0) is 8.27. The lowest BCUT2D eigenvalue weighted by Gasteiger charge is -1.94. The van der Waals surface area contributed by atoms with E-state index in [0.29, 0.717) is 18.4 Å². The third-order valence-electron chi connectivity index (χ3n) is 1.01. The molecule has 1 rings (SSSR count). The summed E-state index contributed by atoms with van der Waals surface area (Å²) < 4.78 is 4.83. The predicted molar refractivity (Wildman–Crippen MR) is 40.8 cm³/mol. The Labute approximate surface area is 68.0 Å². The van der Waals surface area contributed by atoms with E-state index in [1.807, 2.05) is 0 Å². The van der Waals surface area contributed by atoms with Gasteiger partial charge in [0, 0.05) is 11.8 Å². The van der Waals surface area contributed by atoms with E-state index in [9.17, 15) is 9.59 Å². The second kappa shape index (κ2) is 3.43. The van der Waals surface area contributed by atoms with Crippen molar-refractivity contribution in [3.05, 3.63) is 12.0 Å². The Morgan fingerprint density at radius 1 is 1.64 bits per heavy atom. The van der Waals surface area contributed by atoms with E-state index in [2.05, 4.69) is 5.32 Å². The van der Waals surface area contributed by atoms with Crippen molar-refractivity contribution < 1.29 is 14.3 Å². The van der Waals surface area contributed by atoms with Gasteiger partial charge in [-0.15, -0.1) is 0 Å². The second-order valence-corrected chi connectivity index (χ2v) is 2.73. The van der Waals surface area contributed by atoms with Crippen LogP contribution in [0, 0.1) is 0 Å². The number of nitrogens with one attached hydrogen (secondary N) is 1. The van der Waals surface area contributed by atoms with Crippen LogP contribution in [-0.4, -0.2) is 17.0 Å². The Bertz CT molecular complexity index is 224. The Hall–Kier alpha value is -0.970.